The second-order valence-electron chi connectivity index (χ2n) is 4.95. The van der Waals surface area contributed by atoms with Gasteiger partial charge in [0.2, 0.25) is 0 Å². The van der Waals surface area contributed by atoms with Crippen LogP contribution in [-0.2, 0) is 0 Å². The van der Waals surface area contributed by atoms with Crippen molar-refractivity contribution in [3.05, 3.63) is 29.3 Å². The monoisotopic (exact) mass is 233 g/mol. The summed E-state index contributed by atoms with van der Waals surface area (Å²) in [6.45, 7) is 9.29. The fourth-order valence-corrected chi connectivity index (χ4v) is 1.68. The molecule has 94 valence electrons. The van der Waals surface area contributed by atoms with E-state index in [1.54, 1.807) is 0 Å². The molecule has 0 atom stereocenters. The number of nitrogens with zero attached hydrogens (tertiary/aromatic N) is 1. The van der Waals surface area contributed by atoms with Crippen molar-refractivity contribution >= 4 is 11.6 Å². The number of nitrogens with two attached hydrogens (primary N) is 1. The molecule has 0 radical (unpaired) electrons. The first kappa shape index (κ1) is 13.6. The lowest BCUT2D eigenvalue weighted by molar-refractivity contribution is 0.597. The number of hydrogen-bond donors (Lipinski definition) is 2. The Kier molecular flexibility index (Phi) is 5.01. The zero-order valence-corrected chi connectivity index (χ0v) is 11.2. The van der Waals surface area contributed by atoms with Crippen LogP contribution in [0.2, 0.25) is 0 Å². The molecule has 0 bridgehead atoms. The molecule has 0 fully saturated rings. The lowest BCUT2D eigenvalue weighted by Gasteiger charge is -2.08. The van der Waals surface area contributed by atoms with Gasteiger partial charge in [0.15, 0.2) is 5.96 Å². The Morgan fingerprint density at radius 2 is 1.82 bits per heavy atom. The molecular formula is C14H23N3. The Bertz CT molecular complexity index is 374. The van der Waals surface area contributed by atoms with Crippen molar-refractivity contribution in [3.8, 4) is 0 Å². The topological polar surface area (TPSA) is 50.4 Å². The van der Waals surface area contributed by atoms with Crippen LogP contribution in [0.4, 0.5) is 5.69 Å². The summed E-state index contributed by atoms with van der Waals surface area (Å²) < 4.78 is 0. The van der Waals surface area contributed by atoms with E-state index in [1.165, 1.54) is 11.1 Å². The summed E-state index contributed by atoms with van der Waals surface area (Å²) in [6.07, 6.45) is 1.06. The van der Waals surface area contributed by atoms with Crippen molar-refractivity contribution in [1.29, 1.82) is 0 Å². The summed E-state index contributed by atoms with van der Waals surface area (Å²) in [5.41, 5.74) is 9.29. The van der Waals surface area contributed by atoms with Gasteiger partial charge < -0.3 is 11.1 Å². The maximum atomic E-state index is 5.83. The fourth-order valence-electron chi connectivity index (χ4n) is 1.68. The number of guanidine groups is 1. The number of rotatable bonds is 4. The van der Waals surface area contributed by atoms with Crippen LogP contribution in [0.5, 0.6) is 0 Å². The molecule has 1 aromatic rings. The van der Waals surface area contributed by atoms with Gasteiger partial charge in [-0.05, 0) is 49.4 Å². The van der Waals surface area contributed by atoms with Gasteiger partial charge in [0.05, 0.1) is 0 Å². The molecule has 3 nitrogen and oxygen atoms in total. The molecule has 1 aromatic carbocycles. The van der Waals surface area contributed by atoms with Crippen molar-refractivity contribution in [2.75, 3.05) is 11.9 Å². The van der Waals surface area contributed by atoms with Gasteiger partial charge in [-0.2, -0.15) is 0 Å². The Labute approximate surface area is 104 Å². The van der Waals surface area contributed by atoms with Crippen LogP contribution in [0, 0.1) is 19.8 Å². The minimum Gasteiger partial charge on any atom is -0.370 e. The SMILES string of the molecule is Cc1cc(C)cc(NC(N)=NCCC(C)C)c1. The van der Waals surface area contributed by atoms with E-state index in [-0.39, 0.29) is 0 Å². The quantitative estimate of drug-likeness (QED) is 0.620. The molecule has 0 aromatic heterocycles. The molecule has 0 saturated heterocycles. The molecule has 0 saturated carbocycles. The molecule has 0 aliphatic heterocycles. The number of anilines is 1. The third-order valence-corrected chi connectivity index (χ3v) is 2.48. The number of aryl methyl sites for hydroxylation is 2. The maximum Gasteiger partial charge on any atom is 0.193 e. The Balaban J connectivity index is 2.58. The van der Waals surface area contributed by atoms with Crippen LogP contribution in [0.3, 0.4) is 0 Å². The van der Waals surface area contributed by atoms with Gasteiger partial charge in [-0.3, -0.25) is 4.99 Å². The standard InChI is InChI=1S/C14H23N3/c1-10(2)5-6-16-14(15)17-13-8-11(3)7-12(4)9-13/h7-10H,5-6H2,1-4H3,(H3,15,16,17). The highest BCUT2D eigenvalue weighted by molar-refractivity contribution is 5.92. The van der Waals surface area contributed by atoms with Crippen LogP contribution < -0.4 is 11.1 Å². The Hall–Kier alpha value is -1.51. The first-order valence-corrected chi connectivity index (χ1v) is 6.12. The van der Waals surface area contributed by atoms with Crippen molar-refractivity contribution in [2.24, 2.45) is 16.6 Å². The summed E-state index contributed by atoms with van der Waals surface area (Å²) in [7, 11) is 0. The molecule has 3 N–H and O–H groups in total. The smallest absolute Gasteiger partial charge is 0.193 e. The van der Waals surface area contributed by atoms with Crippen LogP contribution in [0.15, 0.2) is 23.2 Å². The summed E-state index contributed by atoms with van der Waals surface area (Å²) in [6, 6.07) is 6.27. The average molecular weight is 233 g/mol. The first-order chi connectivity index (χ1) is 7.97. The van der Waals surface area contributed by atoms with Gasteiger partial charge >= 0.3 is 0 Å². The Morgan fingerprint density at radius 1 is 1.24 bits per heavy atom. The fraction of sp³-hybridized carbons (Fsp3) is 0.500. The van der Waals surface area contributed by atoms with Crippen LogP contribution in [-0.4, -0.2) is 12.5 Å². The van der Waals surface area contributed by atoms with E-state index < -0.39 is 0 Å². The van der Waals surface area contributed by atoms with E-state index in [0.717, 1.165) is 18.7 Å². The van der Waals surface area contributed by atoms with Gasteiger partial charge in [-0.1, -0.05) is 19.9 Å². The van der Waals surface area contributed by atoms with Gasteiger partial charge in [-0.15, -0.1) is 0 Å². The minimum absolute atomic E-state index is 0.496. The maximum absolute atomic E-state index is 5.83. The predicted octanol–water partition coefficient (Wildman–Crippen LogP) is 3.08. The van der Waals surface area contributed by atoms with E-state index in [2.05, 4.69) is 56.2 Å². The van der Waals surface area contributed by atoms with Crippen molar-refractivity contribution in [1.82, 2.24) is 0 Å². The number of aliphatic imine (C=N–C) groups is 1. The average Bonchev–Trinajstić information content (AvgIpc) is 2.14. The third kappa shape index (κ3) is 5.38. The second kappa shape index (κ2) is 6.28. The van der Waals surface area contributed by atoms with Crippen molar-refractivity contribution < 1.29 is 0 Å². The molecule has 0 aliphatic rings. The molecule has 0 heterocycles. The molecule has 0 spiro atoms. The number of hydrogen-bond acceptors (Lipinski definition) is 1. The van der Waals surface area contributed by atoms with E-state index in [4.69, 9.17) is 5.73 Å². The number of nitrogens with one attached hydrogen (secondary N) is 1. The normalized spacial score (nSPS) is 11.9. The van der Waals surface area contributed by atoms with Crippen LogP contribution in [0.1, 0.15) is 31.4 Å². The highest BCUT2D eigenvalue weighted by Gasteiger charge is 1.98. The van der Waals surface area contributed by atoms with Crippen molar-refractivity contribution in [2.45, 2.75) is 34.1 Å². The largest absolute Gasteiger partial charge is 0.370 e. The van der Waals surface area contributed by atoms with Crippen LogP contribution >= 0.6 is 0 Å². The lowest BCUT2D eigenvalue weighted by Crippen LogP contribution is -2.23. The summed E-state index contributed by atoms with van der Waals surface area (Å²) >= 11 is 0. The zero-order valence-electron chi connectivity index (χ0n) is 11.2. The molecule has 0 unspecified atom stereocenters. The van der Waals surface area contributed by atoms with Crippen molar-refractivity contribution in [3.63, 3.8) is 0 Å². The van der Waals surface area contributed by atoms with Crippen LogP contribution in [0.25, 0.3) is 0 Å². The Morgan fingerprint density at radius 3 is 2.35 bits per heavy atom. The number of benzene rings is 1. The first-order valence-electron chi connectivity index (χ1n) is 6.12. The third-order valence-electron chi connectivity index (χ3n) is 2.48. The molecular weight excluding hydrogens is 210 g/mol. The summed E-state index contributed by atoms with van der Waals surface area (Å²) in [5, 5.41) is 3.13. The predicted molar refractivity (Wildman–Crippen MR) is 75.5 cm³/mol. The van der Waals surface area contributed by atoms with Gasteiger partial charge in [0.1, 0.15) is 0 Å². The van der Waals surface area contributed by atoms with Gasteiger partial charge in [0, 0.05) is 12.2 Å². The lowest BCUT2D eigenvalue weighted by atomic mass is 10.1. The highest BCUT2D eigenvalue weighted by Crippen LogP contribution is 2.13. The van der Waals surface area contributed by atoms with E-state index in [9.17, 15) is 0 Å². The zero-order chi connectivity index (χ0) is 12.8. The second-order valence-corrected chi connectivity index (χ2v) is 4.95. The molecule has 0 amide bonds. The van der Waals surface area contributed by atoms with E-state index >= 15 is 0 Å². The highest BCUT2D eigenvalue weighted by atomic mass is 15.1. The molecule has 17 heavy (non-hydrogen) atoms. The van der Waals surface area contributed by atoms with Gasteiger partial charge in [0.25, 0.3) is 0 Å². The summed E-state index contributed by atoms with van der Waals surface area (Å²) in [4.78, 5) is 4.30. The molecule has 1 rings (SSSR count). The van der Waals surface area contributed by atoms with E-state index in [1.807, 2.05) is 0 Å². The molecule has 3 heteroatoms. The minimum atomic E-state index is 0.496. The molecule has 0 aliphatic carbocycles. The van der Waals surface area contributed by atoms with E-state index in [0.29, 0.717) is 11.9 Å². The summed E-state index contributed by atoms with van der Waals surface area (Å²) in [5.74, 6) is 1.16. The van der Waals surface area contributed by atoms with Gasteiger partial charge in [-0.25, -0.2) is 0 Å².